The van der Waals surface area contributed by atoms with Crippen LogP contribution in [0, 0.1) is 5.92 Å². The first-order valence-electron chi connectivity index (χ1n) is 3.58. The van der Waals surface area contributed by atoms with Crippen LogP contribution in [0.5, 0.6) is 0 Å². The molecule has 0 spiro atoms. The number of pyridine rings is 1. The molecule has 0 aromatic carbocycles. The molecule has 0 unspecified atom stereocenters. The first-order valence-corrected chi connectivity index (χ1v) is 3.58. The monoisotopic (exact) mass is 137 g/mol. The highest BCUT2D eigenvalue weighted by Gasteiger charge is 1.68. The van der Waals surface area contributed by atoms with Crippen molar-refractivity contribution in [2.45, 2.75) is 20.8 Å². The minimum Gasteiger partial charge on any atom is -0.265 e. The molecule has 0 radical (unpaired) electrons. The zero-order valence-electron chi connectivity index (χ0n) is 6.91. The summed E-state index contributed by atoms with van der Waals surface area (Å²) in [4.78, 5) is 3.78. The Morgan fingerprint density at radius 2 is 1.30 bits per heavy atom. The van der Waals surface area contributed by atoms with E-state index < -0.39 is 0 Å². The van der Waals surface area contributed by atoms with Gasteiger partial charge in [-0.1, -0.05) is 26.8 Å². The van der Waals surface area contributed by atoms with Gasteiger partial charge in [0.1, 0.15) is 0 Å². The Kier molecular flexibility index (Phi) is 5.74. The summed E-state index contributed by atoms with van der Waals surface area (Å²) in [6.07, 6.45) is 3.50. The van der Waals surface area contributed by atoms with Crippen molar-refractivity contribution in [3.05, 3.63) is 30.6 Å². The minimum atomic E-state index is 0.833. The summed E-state index contributed by atoms with van der Waals surface area (Å²) < 4.78 is 0. The fourth-order valence-electron chi connectivity index (χ4n) is 0.313. The molecule has 1 aromatic heterocycles. The third kappa shape index (κ3) is 10.2. The first-order chi connectivity index (χ1) is 4.73. The Balaban J connectivity index is 0.000000180. The van der Waals surface area contributed by atoms with Gasteiger partial charge >= 0.3 is 0 Å². The molecule has 0 N–H and O–H groups in total. The Bertz CT molecular complexity index is 105. The van der Waals surface area contributed by atoms with Gasteiger partial charge in [0, 0.05) is 12.4 Å². The first kappa shape index (κ1) is 9.15. The third-order valence-corrected chi connectivity index (χ3v) is 0.566. The van der Waals surface area contributed by atoms with E-state index in [0.717, 1.165) is 5.92 Å². The molecule has 1 nitrogen and oxygen atoms in total. The van der Waals surface area contributed by atoms with Gasteiger partial charge in [-0.2, -0.15) is 0 Å². The van der Waals surface area contributed by atoms with E-state index in [1.807, 2.05) is 18.2 Å². The van der Waals surface area contributed by atoms with E-state index in [1.54, 1.807) is 12.4 Å². The van der Waals surface area contributed by atoms with E-state index in [1.165, 1.54) is 0 Å². The lowest BCUT2D eigenvalue weighted by Crippen LogP contribution is -1.66. The summed E-state index contributed by atoms with van der Waals surface area (Å²) >= 11 is 0. The molecule has 1 aromatic rings. The lowest BCUT2D eigenvalue weighted by atomic mass is 10.3. The highest BCUT2D eigenvalue weighted by molar-refractivity contribution is 4.88. The van der Waals surface area contributed by atoms with Crippen molar-refractivity contribution in [3.8, 4) is 0 Å². The zero-order valence-corrected chi connectivity index (χ0v) is 6.91. The van der Waals surface area contributed by atoms with Crippen LogP contribution in [0.25, 0.3) is 0 Å². The maximum absolute atomic E-state index is 3.78. The van der Waals surface area contributed by atoms with Crippen molar-refractivity contribution in [1.29, 1.82) is 0 Å². The number of aromatic nitrogens is 1. The van der Waals surface area contributed by atoms with E-state index in [-0.39, 0.29) is 0 Å². The molecule has 0 saturated carbocycles. The maximum atomic E-state index is 3.78. The third-order valence-electron chi connectivity index (χ3n) is 0.566. The molecular formula is C9H15N. The fraction of sp³-hybridized carbons (Fsp3) is 0.444. The summed E-state index contributed by atoms with van der Waals surface area (Å²) in [5.74, 6) is 0.833. The maximum Gasteiger partial charge on any atom is 0.0267 e. The van der Waals surface area contributed by atoms with Crippen molar-refractivity contribution < 1.29 is 0 Å². The van der Waals surface area contributed by atoms with Gasteiger partial charge in [0.25, 0.3) is 0 Å². The van der Waals surface area contributed by atoms with Crippen molar-refractivity contribution in [2.75, 3.05) is 0 Å². The van der Waals surface area contributed by atoms with Crippen LogP contribution in [0.1, 0.15) is 20.8 Å². The summed E-state index contributed by atoms with van der Waals surface area (Å²) in [6, 6.07) is 5.72. The van der Waals surface area contributed by atoms with E-state index >= 15 is 0 Å². The Morgan fingerprint density at radius 1 is 0.900 bits per heavy atom. The van der Waals surface area contributed by atoms with Crippen molar-refractivity contribution in [2.24, 2.45) is 5.92 Å². The van der Waals surface area contributed by atoms with Gasteiger partial charge in [-0.25, -0.2) is 0 Å². The van der Waals surface area contributed by atoms with Crippen LogP contribution in [0.4, 0.5) is 0 Å². The van der Waals surface area contributed by atoms with Crippen molar-refractivity contribution in [1.82, 2.24) is 4.98 Å². The number of hydrogen-bond acceptors (Lipinski definition) is 1. The highest BCUT2D eigenvalue weighted by atomic mass is 14.6. The summed E-state index contributed by atoms with van der Waals surface area (Å²) in [5, 5.41) is 0. The standard InChI is InChI=1S/C5H5N.C4H10/c1-2-4-6-5-3-1;1-4(2)3/h1-5H;4H,1-3H3. The van der Waals surface area contributed by atoms with Crippen LogP contribution in [-0.2, 0) is 0 Å². The van der Waals surface area contributed by atoms with E-state index in [9.17, 15) is 0 Å². The molecule has 0 saturated heterocycles. The zero-order chi connectivity index (χ0) is 7.82. The predicted molar refractivity (Wildman–Crippen MR) is 44.7 cm³/mol. The van der Waals surface area contributed by atoms with Gasteiger partial charge in [-0.15, -0.1) is 0 Å². The van der Waals surface area contributed by atoms with Gasteiger partial charge in [-0.05, 0) is 18.1 Å². The summed E-state index contributed by atoms with van der Waals surface area (Å²) in [5.41, 5.74) is 0. The second kappa shape index (κ2) is 6.27. The lowest BCUT2D eigenvalue weighted by Gasteiger charge is -1.79. The Labute approximate surface area is 63.1 Å². The van der Waals surface area contributed by atoms with E-state index in [4.69, 9.17) is 0 Å². The Hall–Kier alpha value is -0.850. The highest BCUT2D eigenvalue weighted by Crippen LogP contribution is 1.81. The molecule has 0 aliphatic heterocycles. The Morgan fingerprint density at radius 3 is 1.40 bits per heavy atom. The molecule has 0 fully saturated rings. The van der Waals surface area contributed by atoms with E-state index in [2.05, 4.69) is 25.8 Å². The largest absolute Gasteiger partial charge is 0.265 e. The SMILES string of the molecule is CC(C)C.c1ccncc1. The lowest BCUT2D eigenvalue weighted by molar-refractivity contribution is 0.737. The average molecular weight is 137 g/mol. The van der Waals surface area contributed by atoms with Crippen LogP contribution >= 0.6 is 0 Å². The van der Waals surface area contributed by atoms with E-state index in [0.29, 0.717) is 0 Å². The number of hydrogen-bond donors (Lipinski definition) is 0. The van der Waals surface area contributed by atoms with Crippen LogP contribution in [0.3, 0.4) is 0 Å². The second-order valence-electron chi connectivity index (χ2n) is 2.76. The van der Waals surface area contributed by atoms with Gasteiger partial charge in [0.2, 0.25) is 0 Å². The van der Waals surface area contributed by atoms with Gasteiger partial charge in [0.15, 0.2) is 0 Å². The minimum absolute atomic E-state index is 0.833. The quantitative estimate of drug-likeness (QED) is 0.535. The molecule has 1 rings (SSSR count). The molecular weight excluding hydrogens is 122 g/mol. The molecule has 56 valence electrons. The van der Waals surface area contributed by atoms with Gasteiger partial charge < -0.3 is 0 Å². The molecule has 0 aliphatic rings. The van der Waals surface area contributed by atoms with Crippen LogP contribution in [-0.4, -0.2) is 4.98 Å². The molecule has 10 heavy (non-hydrogen) atoms. The van der Waals surface area contributed by atoms with Crippen LogP contribution in [0.15, 0.2) is 30.6 Å². The number of rotatable bonds is 0. The summed E-state index contributed by atoms with van der Waals surface area (Å²) in [7, 11) is 0. The van der Waals surface area contributed by atoms with Gasteiger partial charge in [-0.3, -0.25) is 4.98 Å². The van der Waals surface area contributed by atoms with Crippen molar-refractivity contribution in [3.63, 3.8) is 0 Å². The molecule has 0 bridgehead atoms. The van der Waals surface area contributed by atoms with Gasteiger partial charge in [0.05, 0.1) is 0 Å². The molecule has 0 amide bonds. The number of nitrogens with zero attached hydrogens (tertiary/aromatic N) is 1. The molecule has 1 heterocycles. The fourth-order valence-corrected chi connectivity index (χ4v) is 0.313. The predicted octanol–water partition coefficient (Wildman–Crippen LogP) is 2.74. The molecule has 0 atom stereocenters. The smallest absolute Gasteiger partial charge is 0.0267 e. The topological polar surface area (TPSA) is 12.9 Å². The van der Waals surface area contributed by atoms with Crippen LogP contribution < -0.4 is 0 Å². The molecule has 1 heteroatoms. The van der Waals surface area contributed by atoms with Crippen LogP contribution in [0.2, 0.25) is 0 Å². The average Bonchev–Trinajstić information content (AvgIpc) is 1.90. The van der Waals surface area contributed by atoms with Crippen molar-refractivity contribution >= 4 is 0 Å². The second-order valence-corrected chi connectivity index (χ2v) is 2.76. The summed E-state index contributed by atoms with van der Waals surface area (Å²) in [6.45, 7) is 6.50. The normalized spacial score (nSPS) is 8.40. The molecule has 0 aliphatic carbocycles.